The fourth-order valence-electron chi connectivity index (χ4n) is 5.86. The maximum absolute atomic E-state index is 12.3. The Morgan fingerprint density at radius 1 is 0.651 bits per heavy atom. The lowest BCUT2D eigenvalue weighted by molar-refractivity contribution is -0.134. The highest BCUT2D eigenvalue weighted by molar-refractivity contribution is 5.67. The van der Waals surface area contributed by atoms with E-state index < -0.39 is 17.8 Å². The summed E-state index contributed by atoms with van der Waals surface area (Å²) in [6.07, 6.45) is 23.9. The third kappa shape index (κ3) is 20.1. The van der Waals surface area contributed by atoms with Crippen LogP contribution in [0.5, 0.6) is 0 Å². The number of rotatable bonds is 25. The molecule has 0 bridgehead atoms. The lowest BCUT2D eigenvalue weighted by atomic mass is 9.95. The highest BCUT2D eigenvalue weighted by atomic mass is 16.6. The third-order valence-electron chi connectivity index (χ3n) is 8.69. The lowest BCUT2D eigenvalue weighted by Crippen LogP contribution is -2.48. The zero-order chi connectivity index (χ0) is 30.7. The van der Waals surface area contributed by atoms with Gasteiger partial charge in [0.15, 0.2) is 0 Å². The zero-order valence-electron chi connectivity index (χ0n) is 27.6. The highest BCUT2D eigenvalue weighted by Crippen LogP contribution is 2.26. The van der Waals surface area contributed by atoms with Crippen LogP contribution in [0.4, 0.5) is 9.59 Å². The molecule has 2 rings (SSSR count). The minimum Gasteiger partial charge on any atom is -0.446 e. The molecule has 2 aliphatic heterocycles. The summed E-state index contributed by atoms with van der Waals surface area (Å²) in [7, 11) is 0. The minimum atomic E-state index is -0.769. The average molecular weight is 612 g/mol. The van der Waals surface area contributed by atoms with Crippen molar-refractivity contribution in [1.29, 1.82) is 0 Å². The van der Waals surface area contributed by atoms with Crippen LogP contribution in [0.25, 0.3) is 0 Å². The van der Waals surface area contributed by atoms with Crippen molar-refractivity contribution in [3.8, 4) is 0 Å². The van der Waals surface area contributed by atoms with Gasteiger partial charge in [-0.05, 0) is 38.6 Å². The number of ether oxygens (including phenoxy) is 4. The van der Waals surface area contributed by atoms with Crippen LogP contribution in [0.15, 0.2) is 0 Å². The molecule has 0 aliphatic carbocycles. The summed E-state index contributed by atoms with van der Waals surface area (Å²) < 4.78 is 22.3. The van der Waals surface area contributed by atoms with Crippen LogP contribution in [-0.2, 0) is 18.9 Å². The summed E-state index contributed by atoms with van der Waals surface area (Å²) in [5, 5.41) is 5.69. The number of carbonyl (C=O) groups is 2. The van der Waals surface area contributed by atoms with Gasteiger partial charge in [0, 0.05) is 32.8 Å². The molecule has 0 radical (unpaired) electrons. The first-order valence-electron chi connectivity index (χ1n) is 17.9. The van der Waals surface area contributed by atoms with Gasteiger partial charge in [0.2, 0.25) is 0 Å². The molecule has 252 valence electrons. The monoisotopic (exact) mass is 611 g/mol. The maximum atomic E-state index is 12.3. The predicted octanol–water partition coefficient (Wildman–Crippen LogP) is 7.36. The summed E-state index contributed by atoms with van der Waals surface area (Å²) in [5.74, 6) is 0. The van der Waals surface area contributed by atoms with E-state index in [0.717, 1.165) is 65.0 Å². The van der Waals surface area contributed by atoms with Crippen molar-refractivity contribution >= 4 is 12.2 Å². The molecular formula is C34H65N3O6. The minimum absolute atomic E-state index is 0.0781. The Kier molecular flexibility index (Phi) is 22.5. The van der Waals surface area contributed by atoms with E-state index in [-0.39, 0.29) is 13.2 Å². The first-order valence-corrected chi connectivity index (χ1v) is 17.9. The number of unbranched alkanes of at least 4 members (excludes halogenated alkanes) is 15. The molecule has 1 atom stereocenters. The van der Waals surface area contributed by atoms with Crippen molar-refractivity contribution in [2.75, 3.05) is 65.8 Å². The smallest absolute Gasteiger partial charge is 0.407 e. The van der Waals surface area contributed by atoms with Gasteiger partial charge in [-0.1, -0.05) is 103 Å². The second kappa shape index (κ2) is 25.7. The Bertz CT molecular complexity index is 683. The van der Waals surface area contributed by atoms with Gasteiger partial charge in [-0.3, -0.25) is 4.90 Å². The fourth-order valence-corrected chi connectivity index (χ4v) is 5.86. The van der Waals surface area contributed by atoms with Crippen molar-refractivity contribution in [3.05, 3.63) is 0 Å². The van der Waals surface area contributed by atoms with Crippen LogP contribution >= 0.6 is 0 Å². The molecule has 0 saturated carbocycles. The molecule has 1 unspecified atom stereocenters. The molecule has 0 aromatic heterocycles. The van der Waals surface area contributed by atoms with Crippen molar-refractivity contribution in [1.82, 2.24) is 15.5 Å². The molecule has 2 aliphatic rings. The largest absolute Gasteiger partial charge is 0.446 e. The molecule has 2 fully saturated rings. The summed E-state index contributed by atoms with van der Waals surface area (Å²) in [6, 6.07) is 0. The number of hydrogen-bond acceptors (Lipinski definition) is 7. The molecule has 2 amide bonds. The topological polar surface area (TPSA) is 98.4 Å². The van der Waals surface area contributed by atoms with Crippen LogP contribution in [0.3, 0.4) is 0 Å². The van der Waals surface area contributed by atoms with Crippen LogP contribution in [0.1, 0.15) is 135 Å². The first-order chi connectivity index (χ1) is 21.1. The SMILES string of the molecule is CCCCCCCCCCCCCCCCCCNC(=O)OCC1(COC(=O)NCCCN2CCOCC2)CCCCO1. The molecule has 2 saturated heterocycles. The molecule has 0 spiro atoms. The fraction of sp³-hybridized carbons (Fsp3) is 0.941. The number of nitrogens with one attached hydrogen (secondary N) is 2. The van der Waals surface area contributed by atoms with Gasteiger partial charge in [-0.15, -0.1) is 0 Å². The van der Waals surface area contributed by atoms with Crippen LogP contribution in [0.2, 0.25) is 0 Å². The van der Waals surface area contributed by atoms with Gasteiger partial charge >= 0.3 is 12.2 Å². The van der Waals surface area contributed by atoms with Gasteiger partial charge in [-0.2, -0.15) is 0 Å². The Morgan fingerprint density at radius 2 is 1.14 bits per heavy atom. The van der Waals surface area contributed by atoms with Gasteiger partial charge in [-0.25, -0.2) is 9.59 Å². The summed E-state index contributed by atoms with van der Waals surface area (Å²) in [4.78, 5) is 26.9. The standard InChI is InChI=1S/C34H65N3O6/c1-2-3-4-5-6-7-8-9-10-11-12-13-14-15-16-18-22-35-32(38)41-30-34(21-17-19-27-43-34)31-42-33(39)36-23-20-24-37-25-28-40-29-26-37/h2-31H2,1H3,(H,35,38)(H,36,39). The Morgan fingerprint density at radius 3 is 1.63 bits per heavy atom. The number of alkyl carbamates (subject to hydrolysis) is 2. The average Bonchev–Trinajstić information content (AvgIpc) is 3.03. The molecule has 0 aromatic carbocycles. The number of carbonyl (C=O) groups excluding carboxylic acids is 2. The second-order valence-electron chi connectivity index (χ2n) is 12.6. The molecule has 2 heterocycles. The maximum Gasteiger partial charge on any atom is 0.407 e. The molecule has 9 heteroatoms. The van der Waals surface area contributed by atoms with Gasteiger partial charge < -0.3 is 29.6 Å². The summed E-state index contributed by atoms with van der Waals surface area (Å²) in [5.41, 5.74) is -0.769. The Labute approximate surface area is 262 Å². The molecule has 9 nitrogen and oxygen atoms in total. The molecule has 2 N–H and O–H groups in total. The second-order valence-corrected chi connectivity index (χ2v) is 12.6. The Balaban J connectivity index is 1.42. The van der Waals surface area contributed by atoms with E-state index in [0.29, 0.717) is 26.1 Å². The van der Waals surface area contributed by atoms with Crippen LogP contribution < -0.4 is 10.6 Å². The van der Waals surface area contributed by atoms with Gasteiger partial charge in [0.25, 0.3) is 0 Å². The molecule has 43 heavy (non-hydrogen) atoms. The quantitative estimate of drug-likeness (QED) is 0.104. The first kappa shape index (κ1) is 37.6. The molecule has 0 aromatic rings. The number of hydrogen-bond donors (Lipinski definition) is 2. The van der Waals surface area contributed by atoms with E-state index in [4.69, 9.17) is 18.9 Å². The predicted molar refractivity (Wildman–Crippen MR) is 173 cm³/mol. The van der Waals surface area contributed by atoms with Crippen molar-refractivity contribution in [2.45, 2.75) is 141 Å². The van der Waals surface area contributed by atoms with Crippen LogP contribution in [0, 0.1) is 0 Å². The van der Waals surface area contributed by atoms with E-state index in [9.17, 15) is 9.59 Å². The van der Waals surface area contributed by atoms with Crippen molar-refractivity contribution in [2.24, 2.45) is 0 Å². The van der Waals surface area contributed by atoms with E-state index in [1.165, 1.54) is 89.9 Å². The van der Waals surface area contributed by atoms with Crippen LogP contribution in [-0.4, -0.2) is 88.4 Å². The van der Waals surface area contributed by atoms with E-state index in [2.05, 4.69) is 22.5 Å². The lowest BCUT2D eigenvalue weighted by Gasteiger charge is -2.36. The highest BCUT2D eigenvalue weighted by Gasteiger charge is 2.36. The number of nitrogens with zero attached hydrogens (tertiary/aromatic N) is 1. The van der Waals surface area contributed by atoms with Crippen molar-refractivity contribution < 1.29 is 28.5 Å². The van der Waals surface area contributed by atoms with E-state index in [1.54, 1.807) is 0 Å². The summed E-state index contributed by atoms with van der Waals surface area (Å²) >= 11 is 0. The summed E-state index contributed by atoms with van der Waals surface area (Å²) in [6.45, 7) is 8.56. The normalized spacial score (nSPS) is 19.2. The van der Waals surface area contributed by atoms with E-state index in [1.807, 2.05) is 0 Å². The van der Waals surface area contributed by atoms with Crippen molar-refractivity contribution in [3.63, 3.8) is 0 Å². The van der Waals surface area contributed by atoms with E-state index >= 15 is 0 Å². The van der Waals surface area contributed by atoms with Gasteiger partial charge in [0.1, 0.15) is 18.8 Å². The Hall–Kier alpha value is -1.58. The van der Waals surface area contributed by atoms with Gasteiger partial charge in [0.05, 0.1) is 13.2 Å². The number of amides is 2. The third-order valence-corrected chi connectivity index (χ3v) is 8.69. The zero-order valence-corrected chi connectivity index (χ0v) is 27.6. The molecular weight excluding hydrogens is 546 g/mol. The number of morpholine rings is 1.